The summed E-state index contributed by atoms with van der Waals surface area (Å²) in [6.45, 7) is 0. The molecule has 0 aliphatic heterocycles. The van der Waals surface area contributed by atoms with E-state index >= 15 is 0 Å². The molecule has 0 spiro atoms. The number of para-hydroxylation sites is 1. The molecule has 0 atom stereocenters. The molecule has 2 N–H and O–H groups in total. The zero-order valence-electron chi connectivity index (χ0n) is 18.4. The van der Waals surface area contributed by atoms with Crippen molar-refractivity contribution in [3.05, 3.63) is 54.1 Å². The molecular weight excluding hydrogens is 436 g/mol. The van der Waals surface area contributed by atoms with Crippen LogP contribution in [0.3, 0.4) is 0 Å². The molecule has 32 heavy (non-hydrogen) atoms. The summed E-state index contributed by atoms with van der Waals surface area (Å²) in [5.74, 6) is 2.72. The van der Waals surface area contributed by atoms with E-state index in [0.29, 0.717) is 11.3 Å². The van der Waals surface area contributed by atoms with Gasteiger partial charge in [0.15, 0.2) is 0 Å². The normalized spacial score (nSPS) is 27.8. The molecule has 0 saturated heterocycles. The van der Waals surface area contributed by atoms with Crippen LogP contribution >= 0.6 is 23.5 Å². The molecule has 2 amide bonds. The van der Waals surface area contributed by atoms with Gasteiger partial charge in [-0.1, -0.05) is 24.3 Å². The first-order valence-corrected chi connectivity index (χ1v) is 13.7. The number of nitrogens with one attached hydrogen (secondary N) is 2. The quantitative estimate of drug-likeness (QED) is 0.504. The predicted molar refractivity (Wildman–Crippen MR) is 132 cm³/mol. The summed E-state index contributed by atoms with van der Waals surface area (Å²) in [4.78, 5) is 27.8. The second-order valence-electron chi connectivity index (χ2n) is 9.69. The third-order valence-corrected chi connectivity index (χ3v) is 9.16. The number of rotatable bonds is 7. The molecule has 0 radical (unpaired) electrons. The Kier molecular flexibility index (Phi) is 6.26. The van der Waals surface area contributed by atoms with E-state index in [1.165, 1.54) is 31.0 Å². The second kappa shape index (κ2) is 9.14. The van der Waals surface area contributed by atoms with Gasteiger partial charge < -0.3 is 10.6 Å². The zero-order valence-corrected chi connectivity index (χ0v) is 20.1. The fraction of sp³-hybridized carbons (Fsp3) is 0.462. The van der Waals surface area contributed by atoms with Gasteiger partial charge >= 0.3 is 0 Å². The van der Waals surface area contributed by atoms with Crippen LogP contribution in [0.2, 0.25) is 0 Å². The van der Waals surface area contributed by atoms with Gasteiger partial charge in [0, 0.05) is 15.3 Å². The molecule has 4 aliphatic rings. The maximum absolute atomic E-state index is 13.0. The molecular formula is C26H30N2O2S2. The van der Waals surface area contributed by atoms with Gasteiger partial charge in [0.1, 0.15) is 0 Å². The van der Waals surface area contributed by atoms with Crippen LogP contribution < -0.4 is 10.6 Å². The van der Waals surface area contributed by atoms with Gasteiger partial charge in [-0.25, -0.2) is 0 Å². The van der Waals surface area contributed by atoms with Crippen molar-refractivity contribution in [3.63, 3.8) is 0 Å². The van der Waals surface area contributed by atoms with Crippen LogP contribution in [0.5, 0.6) is 0 Å². The lowest BCUT2D eigenvalue weighted by atomic mass is 9.53. The van der Waals surface area contributed by atoms with Crippen LogP contribution in [0.25, 0.3) is 0 Å². The van der Waals surface area contributed by atoms with Crippen molar-refractivity contribution < 1.29 is 9.59 Å². The summed E-state index contributed by atoms with van der Waals surface area (Å²) in [5.41, 5.74) is 1.45. The number of anilines is 1. The van der Waals surface area contributed by atoms with Crippen molar-refractivity contribution in [2.45, 2.75) is 53.9 Å². The number of hydrogen-bond donors (Lipinski definition) is 2. The van der Waals surface area contributed by atoms with Crippen LogP contribution in [0.1, 0.15) is 48.9 Å². The first-order chi connectivity index (χ1) is 15.5. The van der Waals surface area contributed by atoms with Crippen LogP contribution in [0, 0.1) is 17.8 Å². The van der Waals surface area contributed by atoms with Crippen LogP contribution in [0.15, 0.2) is 58.3 Å². The van der Waals surface area contributed by atoms with Gasteiger partial charge in [0.25, 0.3) is 5.91 Å². The standard InChI is InChI=1S/C26H30N2O2S2/c1-31-23-9-5-3-7-21(23)27-25(30)20-6-2-4-8-22(20)32-16-24(29)28-26-13-17-10-18(14-26)12-19(11-17)15-26/h2-9,17-19H,10-16H2,1H3,(H,27,30)(H,28,29). The zero-order chi connectivity index (χ0) is 22.1. The van der Waals surface area contributed by atoms with Gasteiger partial charge in [0.05, 0.1) is 17.0 Å². The fourth-order valence-corrected chi connectivity index (χ4v) is 7.86. The highest BCUT2D eigenvalue weighted by Crippen LogP contribution is 2.55. The minimum atomic E-state index is -0.143. The molecule has 4 fully saturated rings. The summed E-state index contributed by atoms with van der Waals surface area (Å²) < 4.78 is 0. The first kappa shape index (κ1) is 21.9. The highest BCUT2D eigenvalue weighted by Gasteiger charge is 2.51. The SMILES string of the molecule is CSc1ccccc1NC(=O)c1ccccc1SCC(=O)NC12CC3CC(CC(C3)C1)C2. The number of carbonyl (C=O) groups excluding carboxylic acids is 2. The number of amides is 2. The number of carbonyl (C=O) groups is 2. The van der Waals surface area contributed by atoms with E-state index in [2.05, 4.69) is 10.6 Å². The van der Waals surface area contributed by atoms with Gasteiger partial charge in [0.2, 0.25) is 5.91 Å². The topological polar surface area (TPSA) is 58.2 Å². The molecule has 6 heteroatoms. The molecule has 0 aromatic heterocycles. The number of thioether (sulfide) groups is 2. The van der Waals surface area contributed by atoms with Crippen LogP contribution in [0.4, 0.5) is 5.69 Å². The van der Waals surface area contributed by atoms with E-state index in [1.807, 2.05) is 54.8 Å². The Morgan fingerprint density at radius 3 is 2.16 bits per heavy atom. The Morgan fingerprint density at radius 1 is 0.906 bits per heavy atom. The van der Waals surface area contributed by atoms with Crippen molar-refractivity contribution in [2.75, 3.05) is 17.3 Å². The first-order valence-electron chi connectivity index (χ1n) is 11.5. The molecule has 4 saturated carbocycles. The summed E-state index contributed by atoms with van der Waals surface area (Å²) in [5, 5.41) is 6.47. The van der Waals surface area contributed by atoms with E-state index < -0.39 is 0 Å². The summed E-state index contributed by atoms with van der Waals surface area (Å²) in [6.07, 6.45) is 9.57. The molecule has 6 rings (SSSR count). The van der Waals surface area contributed by atoms with Crippen LogP contribution in [-0.2, 0) is 4.79 Å². The Labute approximate surface area is 198 Å². The van der Waals surface area contributed by atoms with Crippen molar-refractivity contribution in [2.24, 2.45) is 17.8 Å². The van der Waals surface area contributed by atoms with E-state index in [-0.39, 0.29) is 17.4 Å². The number of benzene rings is 2. The largest absolute Gasteiger partial charge is 0.350 e. The van der Waals surface area contributed by atoms with E-state index in [0.717, 1.165) is 52.5 Å². The molecule has 4 nitrogen and oxygen atoms in total. The number of hydrogen-bond acceptors (Lipinski definition) is 4. The van der Waals surface area contributed by atoms with Gasteiger partial charge in [-0.05, 0) is 86.8 Å². The van der Waals surface area contributed by atoms with E-state index in [4.69, 9.17) is 0 Å². The molecule has 0 unspecified atom stereocenters. The lowest BCUT2D eigenvalue weighted by Gasteiger charge is -2.56. The highest BCUT2D eigenvalue weighted by molar-refractivity contribution is 8.00. The summed E-state index contributed by atoms with van der Waals surface area (Å²) in [7, 11) is 0. The minimum Gasteiger partial charge on any atom is -0.350 e. The lowest BCUT2D eigenvalue weighted by molar-refractivity contribution is -0.124. The minimum absolute atomic E-state index is 0.0326. The smallest absolute Gasteiger partial charge is 0.256 e. The maximum atomic E-state index is 13.0. The monoisotopic (exact) mass is 466 g/mol. The molecule has 4 bridgehead atoms. The lowest BCUT2D eigenvalue weighted by Crippen LogP contribution is -2.60. The second-order valence-corrected chi connectivity index (χ2v) is 11.6. The van der Waals surface area contributed by atoms with Gasteiger partial charge in [-0.2, -0.15) is 0 Å². The Bertz CT molecular complexity index is 987. The molecule has 2 aromatic carbocycles. The van der Waals surface area contributed by atoms with Gasteiger partial charge in [-0.15, -0.1) is 23.5 Å². The third kappa shape index (κ3) is 4.58. The van der Waals surface area contributed by atoms with E-state index in [1.54, 1.807) is 11.8 Å². The Hall–Kier alpha value is -1.92. The predicted octanol–water partition coefficient (Wildman–Crippen LogP) is 5.84. The van der Waals surface area contributed by atoms with E-state index in [9.17, 15) is 9.59 Å². The van der Waals surface area contributed by atoms with Crippen molar-refractivity contribution in [1.29, 1.82) is 0 Å². The molecule has 0 heterocycles. The fourth-order valence-electron chi connectivity index (χ4n) is 6.46. The summed E-state index contributed by atoms with van der Waals surface area (Å²) >= 11 is 3.06. The van der Waals surface area contributed by atoms with Crippen molar-refractivity contribution in [1.82, 2.24) is 5.32 Å². The third-order valence-electron chi connectivity index (χ3n) is 7.29. The summed E-state index contributed by atoms with van der Waals surface area (Å²) in [6, 6.07) is 15.3. The highest BCUT2D eigenvalue weighted by atomic mass is 32.2. The molecule has 168 valence electrons. The average Bonchev–Trinajstić information content (AvgIpc) is 2.77. The van der Waals surface area contributed by atoms with Crippen molar-refractivity contribution in [3.8, 4) is 0 Å². The molecule has 4 aliphatic carbocycles. The average molecular weight is 467 g/mol. The van der Waals surface area contributed by atoms with Crippen molar-refractivity contribution >= 4 is 41.0 Å². The Morgan fingerprint density at radius 2 is 1.50 bits per heavy atom. The van der Waals surface area contributed by atoms with Crippen LogP contribution in [-0.4, -0.2) is 29.4 Å². The van der Waals surface area contributed by atoms with Gasteiger partial charge in [-0.3, -0.25) is 9.59 Å². The maximum Gasteiger partial charge on any atom is 0.256 e. The Balaban J connectivity index is 1.23. The molecule has 2 aromatic rings.